The Balaban J connectivity index is 0.000000363. The van der Waals surface area contributed by atoms with Gasteiger partial charge in [0.1, 0.15) is 5.75 Å². The Morgan fingerprint density at radius 3 is 2.06 bits per heavy atom. The van der Waals surface area contributed by atoms with Crippen LogP contribution in [-0.4, -0.2) is 14.2 Å². The molecule has 0 bridgehead atoms. The van der Waals surface area contributed by atoms with E-state index < -0.39 is 0 Å². The highest BCUT2D eigenvalue weighted by molar-refractivity contribution is 5.71. The van der Waals surface area contributed by atoms with Crippen molar-refractivity contribution in [2.24, 2.45) is 0 Å². The van der Waals surface area contributed by atoms with Gasteiger partial charge in [-0.1, -0.05) is 53.1 Å². The van der Waals surface area contributed by atoms with E-state index in [2.05, 4.69) is 64.2 Å². The van der Waals surface area contributed by atoms with Crippen molar-refractivity contribution in [2.75, 3.05) is 19.5 Å². The first kappa shape index (κ1) is 26.0. The maximum absolute atomic E-state index is 6.16. The molecular weight excluding hydrogens is 434 g/mol. The quantitative estimate of drug-likeness (QED) is 0.390. The van der Waals surface area contributed by atoms with Gasteiger partial charge in [0.2, 0.25) is 0 Å². The molecule has 0 saturated heterocycles. The van der Waals surface area contributed by atoms with E-state index in [-0.39, 0.29) is 0 Å². The van der Waals surface area contributed by atoms with Crippen LogP contribution < -0.4 is 19.5 Å². The van der Waals surface area contributed by atoms with Gasteiger partial charge in [-0.25, -0.2) is 0 Å². The lowest BCUT2D eigenvalue weighted by molar-refractivity contribution is 0.369. The molecule has 4 heteroatoms. The molecule has 0 aromatic heterocycles. The molecule has 1 N–H and O–H groups in total. The van der Waals surface area contributed by atoms with E-state index in [0.717, 1.165) is 22.9 Å². The molecule has 3 aromatic carbocycles. The highest BCUT2D eigenvalue weighted by Crippen LogP contribution is 2.38. The second-order valence-corrected chi connectivity index (χ2v) is 8.99. The van der Waals surface area contributed by atoms with Crippen molar-refractivity contribution in [3.05, 3.63) is 94.6 Å². The molecule has 0 spiro atoms. The topological polar surface area (TPSA) is 39.7 Å². The van der Waals surface area contributed by atoms with Crippen molar-refractivity contribution in [3.63, 3.8) is 0 Å². The number of hydrogen-bond acceptors (Lipinski definition) is 4. The summed E-state index contributed by atoms with van der Waals surface area (Å²) in [5, 5.41) is 3.53. The van der Waals surface area contributed by atoms with Gasteiger partial charge in [0.15, 0.2) is 17.2 Å². The smallest absolute Gasteiger partial charge is 0.169 e. The zero-order chi connectivity index (χ0) is 25.4. The van der Waals surface area contributed by atoms with Crippen LogP contribution in [0.1, 0.15) is 43.4 Å². The predicted octanol–water partition coefficient (Wildman–Crippen LogP) is 8.84. The van der Waals surface area contributed by atoms with Gasteiger partial charge in [0.25, 0.3) is 0 Å². The summed E-state index contributed by atoms with van der Waals surface area (Å²) in [7, 11) is 3.24. The Morgan fingerprint density at radius 2 is 1.46 bits per heavy atom. The number of hydrogen-bond donors (Lipinski definition) is 1. The zero-order valence-electron chi connectivity index (χ0n) is 22.0. The van der Waals surface area contributed by atoms with Gasteiger partial charge in [-0.15, -0.1) is 0 Å². The molecule has 1 aliphatic carbocycles. The third-order valence-corrected chi connectivity index (χ3v) is 5.89. The minimum absolute atomic E-state index is 0.617. The third kappa shape index (κ3) is 7.16. The first-order valence-corrected chi connectivity index (χ1v) is 12.0. The average molecular weight is 472 g/mol. The highest BCUT2D eigenvalue weighted by atomic mass is 16.5. The third-order valence-electron chi connectivity index (χ3n) is 5.89. The van der Waals surface area contributed by atoms with Gasteiger partial charge in [0.05, 0.1) is 19.9 Å². The molecule has 0 aliphatic heterocycles. The van der Waals surface area contributed by atoms with E-state index >= 15 is 0 Å². The second kappa shape index (κ2) is 12.2. The predicted molar refractivity (Wildman–Crippen MR) is 147 cm³/mol. The van der Waals surface area contributed by atoms with Crippen LogP contribution in [0.2, 0.25) is 0 Å². The number of rotatable bonds is 6. The molecule has 4 nitrogen and oxygen atoms in total. The number of aryl methyl sites for hydroxylation is 3. The molecule has 0 amide bonds. The molecule has 3 aromatic rings. The summed E-state index contributed by atoms with van der Waals surface area (Å²) in [5.41, 5.74) is 8.58. The molecular formula is C31H37NO3. The SMILES string of the molecule is CC1=CCCC(C)=C1.COc1ccc(Oc2ccccc2Nc2c(C)cc(C)cc2C)c(OC)c1. The van der Waals surface area contributed by atoms with Crippen molar-refractivity contribution in [1.29, 1.82) is 0 Å². The molecule has 0 fully saturated rings. The second-order valence-electron chi connectivity index (χ2n) is 8.99. The van der Waals surface area contributed by atoms with Crippen LogP contribution in [0.15, 0.2) is 77.9 Å². The van der Waals surface area contributed by atoms with Crippen LogP contribution in [-0.2, 0) is 0 Å². The standard InChI is InChI=1S/C23H25NO3.C8H12/c1-15-12-16(2)23(17(3)13-15)24-19-8-6-7-9-20(19)27-21-11-10-18(25-4)14-22(21)26-5;1-7-4-3-5-8(2)6-7/h6-14,24H,1-5H3;4,6H,3,5H2,1-2H3. The number of anilines is 2. The van der Waals surface area contributed by atoms with Crippen molar-refractivity contribution in [2.45, 2.75) is 47.5 Å². The summed E-state index contributed by atoms with van der Waals surface area (Å²) in [6.07, 6.45) is 7.04. The van der Waals surface area contributed by atoms with E-state index in [1.54, 1.807) is 20.3 Å². The minimum atomic E-state index is 0.617. The van der Waals surface area contributed by atoms with Crippen LogP contribution in [0.4, 0.5) is 11.4 Å². The van der Waals surface area contributed by atoms with E-state index in [0.29, 0.717) is 11.5 Å². The van der Waals surface area contributed by atoms with Crippen LogP contribution in [0.25, 0.3) is 0 Å². The highest BCUT2D eigenvalue weighted by Gasteiger charge is 2.12. The van der Waals surface area contributed by atoms with Crippen molar-refractivity contribution >= 4 is 11.4 Å². The summed E-state index contributed by atoms with van der Waals surface area (Å²) in [5.74, 6) is 2.69. The first-order valence-electron chi connectivity index (χ1n) is 12.0. The first-order chi connectivity index (χ1) is 16.8. The van der Waals surface area contributed by atoms with Crippen LogP contribution in [0, 0.1) is 20.8 Å². The van der Waals surface area contributed by atoms with E-state index in [9.17, 15) is 0 Å². The Hall–Kier alpha value is -3.66. The molecule has 0 heterocycles. The lowest BCUT2D eigenvalue weighted by atomic mass is 10.0. The monoisotopic (exact) mass is 471 g/mol. The fourth-order valence-corrected chi connectivity index (χ4v) is 4.20. The number of benzene rings is 3. The number of allylic oxidation sites excluding steroid dienone is 4. The maximum atomic E-state index is 6.16. The number of nitrogens with one attached hydrogen (secondary N) is 1. The number of para-hydroxylation sites is 2. The lowest BCUT2D eigenvalue weighted by Gasteiger charge is -2.18. The largest absolute Gasteiger partial charge is 0.497 e. The fourth-order valence-electron chi connectivity index (χ4n) is 4.20. The number of ether oxygens (including phenoxy) is 3. The van der Waals surface area contributed by atoms with E-state index in [4.69, 9.17) is 14.2 Å². The Morgan fingerprint density at radius 1 is 0.743 bits per heavy atom. The minimum Gasteiger partial charge on any atom is -0.497 e. The van der Waals surface area contributed by atoms with Gasteiger partial charge in [0, 0.05) is 11.8 Å². The summed E-state index contributed by atoms with van der Waals surface area (Å²) in [6, 6.07) is 17.7. The van der Waals surface area contributed by atoms with Gasteiger partial charge < -0.3 is 19.5 Å². The van der Waals surface area contributed by atoms with Crippen LogP contribution in [0.3, 0.4) is 0 Å². The van der Waals surface area contributed by atoms with E-state index in [1.807, 2.05) is 36.4 Å². The molecule has 0 radical (unpaired) electrons. The molecule has 4 rings (SSSR count). The normalized spacial score (nSPS) is 12.5. The zero-order valence-corrected chi connectivity index (χ0v) is 22.0. The van der Waals surface area contributed by atoms with Gasteiger partial charge in [-0.3, -0.25) is 0 Å². The number of methoxy groups -OCH3 is 2. The summed E-state index contributed by atoms with van der Waals surface area (Å²) in [4.78, 5) is 0. The molecule has 0 unspecified atom stereocenters. The van der Waals surface area contributed by atoms with Crippen molar-refractivity contribution < 1.29 is 14.2 Å². The summed E-state index contributed by atoms with van der Waals surface area (Å²) in [6.45, 7) is 10.7. The average Bonchev–Trinajstić information content (AvgIpc) is 2.83. The Labute approximate surface area is 210 Å². The maximum Gasteiger partial charge on any atom is 0.169 e. The van der Waals surface area contributed by atoms with Gasteiger partial charge in [-0.05, 0) is 82.9 Å². The molecule has 0 atom stereocenters. The van der Waals surface area contributed by atoms with Crippen LogP contribution in [0.5, 0.6) is 23.0 Å². The Bertz CT molecular complexity index is 1200. The van der Waals surface area contributed by atoms with Gasteiger partial charge in [-0.2, -0.15) is 0 Å². The lowest BCUT2D eigenvalue weighted by Crippen LogP contribution is -1.99. The van der Waals surface area contributed by atoms with Crippen molar-refractivity contribution in [1.82, 2.24) is 0 Å². The Kier molecular flexibility index (Phi) is 9.02. The molecule has 35 heavy (non-hydrogen) atoms. The molecule has 0 saturated carbocycles. The van der Waals surface area contributed by atoms with Crippen molar-refractivity contribution in [3.8, 4) is 23.0 Å². The summed E-state index contributed by atoms with van der Waals surface area (Å²) >= 11 is 0. The molecule has 184 valence electrons. The summed E-state index contributed by atoms with van der Waals surface area (Å²) < 4.78 is 16.9. The molecule has 1 aliphatic rings. The fraction of sp³-hybridized carbons (Fsp3) is 0.290. The van der Waals surface area contributed by atoms with Gasteiger partial charge >= 0.3 is 0 Å². The van der Waals surface area contributed by atoms with Crippen LogP contribution >= 0.6 is 0 Å². The van der Waals surface area contributed by atoms with E-state index in [1.165, 1.54) is 40.7 Å².